The summed E-state index contributed by atoms with van der Waals surface area (Å²) in [6.07, 6.45) is 1.29. The number of halogens is 1. The van der Waals surface area contributed by atoms with Gasteiger partial charge in [0.05, 0.1) is 18.4 Å². The fraction of sp³-hybridized carbons (Fsp3) is 0.167. The number of ether oxygens (including phenoxy) is 2. The molecule has 1 aliphatic heterocycles. The van der Waals surface area contributed by atoms with Gasteiger partial charge < -0.3 is 9.47 Å². The van der Waals surface area contributed by atoms with Crippen LogP contribution in [0.2, 0.25) is 5.02 Å². The van der Waals surface area contributed by atoms with Crippen LogP contribution in [-0.4, -0.2) is 36.1 Å². The van der Waals surface area contributed by atoms with Gasteiger partial charge in [-0.05, 0) is 53.6 Å². The summed E-state index contributed by atoms with van der Waals surface area (Å²) in [4.78, 5) is 24.6. The van der Waals surface area contributed by atoms with Crippen molar-refractivity contribution in [3.63, 3.8) is 0 Å². The molecule has 5 rings (SSSR count). The van der Waals surface area contributed by atoms with Gasteiger partial charge in [0.2, 0.25) is 0 Å². The topological polar surface area (TPSA) is 68.2 Å². The molecule has 0 N–H and O–H groups in total. The highest BCUT2D eigenvalue weighted by Gasteiger charge is 2.34. The Morgan fingerprint density at radius 1 is 1.00 bits per heavy atom. The van der Waals surface area contributed by atoms with E-state index < -0.39 is 0 Å². The standard InChI is InChI=1S/C30H25ClN2O4/c1-2-36-29-16-20(18-34)10-15-28(29)37-19-30(35)33-27(22-11-13-23(31)14-12-22)17-26(32-33)25-9-5-7-21-6-3-4-8-24(21)25/h3-16,18,27H,2,17,19H2,1H3. The molecule has 1 amide bonds. The van der Waals surface area contributed by atoms with E-state index in [9.17, 15) is 9.59 Å². The molecule has 0 saturated carbocycles. The van der Waals surface area contributed by atoms with Crippen LogP contribution < -0.4 is 9.47 Å². The van der Waals surface area contributed by atoms with E-state index in [0.717, 1.165) is 33.9 Å². The van der Waals surface area contributed by atoms with Gasteiger partial charge in [-0.3, -0.25) is 9.59 Å². The third-order valence-electron chi connectivity index (χ3n) is 6.28. The van der Waals surface area contributed by atoms with E-state index in [-0.39, 0.29) is 18.6 Å². The molecule has 0 bridgehead atoms. The summed E-state index contributed by atoms with van der Waals surface area (Å²) in [5, 5.41) is 9.12. The second kappa shape index (κ2) is 10.8. The number of hydrogen-bond donors (Lipinski definition) is 0. The third-order valence-corrected chi connectivity index (χ3v) is 6.53. The first-order valence-electron chi connectivity index (χ1n) is 12.1. The maximum Gasteiger partial charge on any atom is 0.281 e. The van der Waals surface area contributed by atoms with Gasteiger partial charge in [-0.1, -0.05) is 66.2 Å². The average molecular weight is 513 g/mol. The molecule has 1 unspecified atom stereocenters. The molecule has 1 heterocycles. The molecule has 0 fully saturated rings. The summed E-state index contributed by atoms with van der Waals surface area (Å²) in [5.41, 5.74) is 3.22. The Balaban J connectivity index is 1.45. The summed E-state index contributed by atoms with van der Waals surface area (Å²) in [7, 11) is 0. The predicted molar refractivity (Wildman–Crippen MR) is 145 cm³/mol. The molecular weight excluding hydrogens is 488 g/mol. The lowest BCUT2D eigenvalue weighted by Crippen LogP contribution is -2.31. The number of nitrogens with zero attached hydrogens (tertiary/aromatic N) is 2. The van der Waals surface area contributed by atoms with Crippen molar-refractivity contribution in [2.75, 3.05) is 13.2 Å². The van der Waals surface area contributed by atoms with Gasteiger partial charge in [-0.15, -0.1) is 0 Å². The Morgan fingerprint density at radius 2 is 1.78 bits per heavy atom. The number of carbonyl (C=O) groups excluding carboxylic acids is 2. The normalized spacial score (nSPS) is 14.9. The Hall–Kier alpha value is -4.16. The lowest BCUT2D eigenvalue weighted by Gasteiger charge is -2.22. The molecule has 4 aromatic rings. The number of benzene rings is 4. The Labute approximate surface area is 220 Å². The molecule has 0 radical (unpaired) electrons. The van der Waals surface area contributed by atoms with E-state index >= 15 is 0 Å². The zero-order valence-corrected chi connectivity index (χ0v) is 21.0. The van der Waals surface area contributed by atoms with Crippen molar-refractivity contribution in [2.24, 2.45) is 5.10 Å². The minimum atomic E-state index is -0.300. The zero-order chi connectivity index (χ0) is 25.8. The minimum Gasteiger partial charge on any atom is -0.490 e. The van der Waals surface area contributed by atoms with Crippen molar-refractivity contribution < 1.29 is 19.1 Å². The number of amides is 1. The molecule has 4 aromatic carbocycles. The van der Waals surface area contributed by atoms with Crippen molar-refractivity contribution in [1.82, 2.24) is 5.01 Å². The molecule has 7 heteroatoms. The average Bonchev–Trinajstić information content (AvgIpc) is 3.38. The van der Waals surface area contributed by atoms with Crippen LogP contribution >= 0.6 is 11.6 Å². The monoisotopic (exact) mass is 512 g/mol. The zero-order valence-electron chi connectivity index (χ0n) is 20.3. The Bertz CT molecular complexity index is 1480. The molecule has 37 heavy (non-hydrogen) atoms. The first-order valence-corrected chi connectivity index (χ1v) is 12.4. The SMILES string of the molecule is CCOc1cc(C=O)ccc1OCC(=O)N1N=C(c2cccc3ccccc23)CC1c1ccc(Cl)cc1. The first kappa shape index (κ1) is 24.5. The number of carbonyl (C=O) groups is 2. The number of aldehydes is 1. The summed E-state index contributed by atoms with van der Waals surface area (Å²) in [5.74, 6) is 0.508. The van der Waals surface area contributed by atoms with Crippen LogP contribution in [0.5, 0.6) is 11.5 Å². The van der Waals surface area contributed by atoms with E-state index in [1.165, 1.54) is 5.01 Å². The lowest BCUT2D eigenvalue weighted by molar-refractivity contribution is -0.135. The van der Waals surface area contributed by atoms with E-state index in [4.69, 9.17) is 26.2 Å². The van der Waals surface area contributed by atoms with Crippen molar-refractivity contribution in [3.8, 4) is 11.5 Å². The van der Waals surface area contributed by atoms with Gasteiger partial charge in [0.1, 0.15) is 6.29 Å². The highest BCUT2D eigenvalue weighted by Crippen LogP contribution is 2.35. The fourth-order valence-corrected chi connectivity index (χ4v) is 4.64. The van der Waals surface area contributed by atoms with Crippen LogP contribution in [0.1, 0.15) is 40.9 Å². The van der Waals surface area contributed by atoms with Gasteiger partial charge in [0.15, 0.2) is 18.1 Å². The Kier molecular flexibility index (Phi) is 7.19. The van der Waals surface area contributed by atoms with E-state index in [2.05, 4.69) is 18.2 Å². The van der Waals surface area contributed by atoms with Crippen LogP contribution in [0.3, 0.4) is 0 Å². The molecule has 0 saturated heterocycles. The predicted octanol–water partition coefficient (Wildman–Crippen LogP) is 6.46. The number of hydrogen-bond acceptors (Lipinski definition) is 5. The highest BCUT2D eigenvalue weighted by molar-refractivity contribution is 6.30. The van der Waals surface area contributed by atoms with E-state index in [1.807, 2.05) is 55.5 Å². The number of fused-ring (bicyclic) bond motifs is 1. The first-order chi connectivity index (χ1) is 18.1. The number of hydrazone groups is 1. The maximum atomic E-state index is 13.5. The lowest BCUT2D eigenvalue weighted by atomic mass is 9.95. The summed E-state index contributed by atoms with van der Waals surface area (Å²) in [6, 6.07) is 26.3. The van der Waals surface area contributed by atoms with Crippen LogP contribution in [0.25, 0.3) is 10.8 Å². The Morgan fingerprint density at radius 3 is 2.57 bits per heavy atom. The fourth-order valence-electron chi connectivity index (χ4n) is 4.52. The molecular formula is C30H25ClN2O4. The van der Waals surface area contributed by atoms with E-state index in [1.54, 1.807) is 18.2 Å². The molecule has 0 aliphatic carbocycles. The van der Waals surface area contributed by atoms with Crippen LogP contribution in [0.15, 0.2) is 90.0 Å². The van der Waals surface area contributed by atoms with Crippen molar-refractivity contribution in [1.29, 1.82) is 0 Å². The maximum absolute atomic E-state index is 13.5. The van der Waals surface area contributed by atoms with Crippen LogP contribution in [0.4, 0.5) is 0 Å². The number of rotatable bonds is 8. The summed E-state index contributed by atoms with van der Waals surface area (Å²) in [6.45, 7) is 2.00. The quantitative estimate of drug-likeness (QED) is 0.254. The molecule has 6 nitrogen and oxygen atoms in total. The highest BCUT2D eigenvalue weighted by atomic mass is 35.5. The van der Waals surface area contributed by atoms with Crippen molar-refractivity contribution >= 4 is 40.3 Å². The summed E-state index contributed by atoms with van der Waals surface area (Å²) < 4.78 is 11.5. The molecule has 0 aromatic heterocycles. The van der Waals surface area contributed by atoms with Crippen LogP contribution in [0, 0.1) is 0 Å². The van der Waals surface area contributed by atoms with E-state index in [0.29, 0.717) is 35.1 Å². The third kappa shape index (κ3) is 5.20. The molecule has 1 aliphatic rings. The van der Waals surface area contributed by atoms with Gasteiger partial charge >= 0.3 is 0 Å². The molecule has 0 spiro atoms. The minimum absolute atomic E-state index is 0.239. The largest absolute Gasteiger partial charge is 0.490 e. The molecule has 186 valence electrons. The smallest absolute Gasteiger partial charge is 0.281 e. The van der Waals surface area contributed by atoms with Gasteiger partial charge in [0.25, 0.3) is 5.91 Å². The summed E-state index contributed by atoms with van der Waals surface area (Å²) >= 11 is 6.12. The van der Waals surface area contributed by atoms with Crippen molar-refractivity contribution in [2.45, 2.75) is 19.4 Å². The molecule has 1 atom stereocenters. The second-order valence-electron chi connectivity index (χ2n) is 8.63. The van der Waals surface area contributed by atoms with Gasteiger partial charge in [-0.25, -0.2) is 5.01 Å². The van der Waals surface area contributed by atoms with Gasteiger partial charge in [-0.2, -0.15) is 5.10 Å². The van der Waals surface area contributed by atoms with Crippen LogP contribution in [-0.2, 0) is 4.79 Å². The van der Waals surface area contributed by atoms with Crippen molar-refractivity contribution in [3.05, 3.63) is 107 Å². The second-order valence-corrected chi connectivity index (χ2v) is 9.07. The van der Waals surface area contributed by atoms with Gasteiger partial charge in [0, 0.05) is 22.6 Å².